The Labute approximate surface area is 118 Å². The number of nitrogens with zero attached hydrogens (tertiary/aromatic N) is 3. The molecule has 0 saturated heterocycles. The van der Waals surface area contributed by atoms with Crippen LogP contribution in [0.15, 0.2) is 10.9 Å². The van der Waals surface area contributed by atoms with Crippen molar-refractivity contribution >= 4 is 11.8 Å². The number of hydrogen-bond donors (Lipinski definition) is 0. The summed E-state index contributed by atoms with van der Waals surface area (Å²) in [7, 11) is 4.84. The fraction of sp³-hybridized carbons (Fsp3) is 0.615. The molecule has 0 N–H and O–H groups in total. The second-order valence-corrected chi connectivity index (χ2v) is 5.00. The number of rotatable bonds is 6. The zero-order valence-electron chi connectivity index (χ0n) is 12.5. The van der Waals surface area contributed by atoms with Crippen LogP contribution in [0.2, 0.25) is 0 Å². The molecular weight excluding hydrogens is 262 g/mol. The van der Waals surface area contributed by atoms with Crippen LogP contribution in [0.4, 0.5) is 5.82 Å². The van der Waals surface area contributed by atoms with Gasteiger partial charge in [0.15, 0.2) is 11.6 Å². The van der Waals surface area contributed by atoms with Gasteiger partial charge in [0.05, 0.1) is 19.8 Å². The van der Waals surface area contributed by atoms with Crippen molar-refractivity contribution in [3.8, 4) is 5.75 Å². The second kappa shape index (κ2) is 6.93. The van der Waals surface area contributed by atoms with E-state index in [0.717, 1.165) is 4.68 Å². The highest BCUT2D eigenvalue weighted by Crippen LogP contribution is 2.22. The van der Waals surface area contributed by atoms with Crippen LogP contribution in [0.5, 0.6) is 5.75 Å². The number of aromatic nitrogens is 2. The molecule has 0 amide bonds. The summed E-state index contributed by atoms with van der Waals surface area (Å²) >= 11 is 0. The number of carbonyl (C=O) groups excluding carboxylic acids is 1. The summed E-state index contributed by atoms with van der Waals surface area (Å²) in [5, 5.41) is 4.14. The van der Waals surface area contributed by atoms with Crippen molar-refractivity contribution in [3.63, 3.8) is 0 Å². The number of esters is 1. The highest BCUT2D eigenvalue weighted by Gasteiger charge is 2.14. The van der Waals surface area contributed by atoms with Gasteiger partial charge in [-0.05, 0) is 5.92 Å². The Bertz CT molecular complexity index is 523. The molecule has 7 nitrogen and oxygen atoms in total. The summed E-state index contributed by atoms with van der Waals surface area (Å²) in [5.41, 5.74) is -0.403. The molecule has 0 aliphatic heterocycles. The summed E-state index contributed by atoms with van der Waals surface area (Å²) in [4.78, 5) is 24.9. The molecule has 20 heavy (non-hydrogen) atoms. The molecule has 0 bridgehead atoms. The van der Waals surface area contributed by atoms with Crippen LogP contribution < -0.4 is 15.2 Å². The van der Waals surface area contributed by atoms with E-state index >= 15 is 0 Å². The Balaban J connectivity index is 3.11. The summed E-state index contributed by atoms with van der Waals surface area (Å²) in [6.45, 7) is 4.30. The lowest BCUT2D eigenvalue weighted by Gasteiger charge is -2.18. The highest BCUT2D eigenvalue weighted by atomic mass is 16.5. The van der Waals surface area contributed by atoms with Crippen LogP contribution in [0.25, 0.3) is 0 Å². The quantitative estimate of drug-likeness (QED) is 0.709. The molecule has 0 aliphatic carbocycles. The molecule has 0 radical (unpaired) electrons. The van der Waals surface area contributed by atoms with E-state index in [1.54, 1.807) is 19.0 Å². The Kier molecular flexibility index (Phi) is 5.54. The maximum Gasteiger partial charge on any atom is 0.327 e. The molecule has 1 heterocycles. The van der Waals surface area contributed by atoms with E-state index in [1.165, 1.54) is 13.2 Å². The molecule has 0 unspecified atom stereocenters. The fourth-order valence-electron chi connectivity index (χ4n) is 1.44. The Morgan fingerprint density at radius 2 is 2.10 bits per heavy atom. The van der Waals surface area contributed by atoms with Gasteiger partial charge in [-0.25, -0.2) is 4.68 Å². The minimum atomic E-state index is -0.528. The lowest BCUT2D eigenvalue weighted by Crippen LogP contribution is -2.29. The molecule has 0 atom stereocenters. The lowest BCUT2D eigenvalue weighted by atomic mass is 10.2. The van der Waals surface area contributed by atoms with E-state index in [-0.39, 0.29) is 6.54 Å². The van der Waals surface area contributed by atoms with Gasteiger partial charge in [0.2, 0.25) is 0 Å². The van der Waals surface area contributed by atoms with Crippen LogP contribution in [0.3, 0.4) is 0 Å². The Hall–Kier alpha value is -2.05. The molecule has 0 aromatic carbocycles. The van der Waals surface area contributed by atoms with Crippen LogP contribution in [0.1, 0.15) is 13.8 Å². The maximum atomic E-state index is 11.9. The predicted octanol–water partition coefficient (Wildman–Crippen LogP) is 0.517. The maximum absolute atomic E-state index is 11.9. The molecule has 1 rings (SSSR count). The first-order chi connectivity index (χ1) is 9.35. The highest BCUT2D eigenvalue weighted by molar-refractivity contribution is 5.68. The standard InChI is InChI=1S/C13H21N3O4/c1-9(2)8-20-10-6-11(17)16(7-12(18)19-5)14-13(10)15(3)4/h6,9H,7-8H2,1-5H3. The third-order valence-corrected chi connectivity index (χ3v) is 2.45. The first-order valence-electron chi connectivity index (χ1n) is 6.34. The van der Waals surface area contributed by atoms with Crippen molar-refractivity contribution < 1.29 is 14.3 Å². The number of ether oxygens (including phenoxy) is 2. The summed E-state index contributed by atoms with van der Waals surface area (Å²) in [6.07, 6.45) is 0. The largest absolute Gasteiger partial charge is 0.489 e. The van der Waals surface area contributed by atoms with E-state index in [2.05, 4.69) is 9.84 Å². The van der Waals surface area contributed by atoms with Gasteiger partial charge < -0.3 is 14.4 Å². The predicted molar refractivity (Wildman–Crippen MR) is 75.2 cm³/mol. The molecule has 0 saturated carbocycles. The normalized spacial score (nSPS) is 10.5. The van der Waals surface area contributed by atoms with Crippen LogP contribution >= 0.6 is 0 Å². The fourth-order valence-corrected chi connectivity index (χ4v) is 1.44. The van der Waals surface area contributed by atoms with E-state index in [4.69, 9.17) is 4.74 Å². The first kappa shape index (κ1) is 16.0. The van der Waals surface area contributed by atoms with Crippen molar-refractivity contribution in [1.29, 1.82) is 0 Å². The number of methoxy groups -OCH3 is 1. The SMILES string of the molecule is COC(=O)Cn1nc(N(C)C)c(OCC(C)C)cc1=O. The van der Waals surface area contributed by atoms with Gasteiger partial charge in [0.25, 0.3) is 5.56 Å². The van der Waals surface area contributed by atoms with Crippen LogP contribution in [-0.2, 0) is 16.1 Å². The monoisotopic (exact) mass is 283 g/mol. The molecule has 7 heteroatoms. The average molecular weight is 283 g/mol. The Morgan fingerprint density at radius 3 is 2.60 bits per heavy atom. The molecule has 1 aromatic rings. The number of anilines is 1. The molecule has 0 aliphatic rings. The minimum Gasteiger partial charge on any atom is -0.489 e. The van der Waals surface area contributed by atoms with E-state index < -0.39 is 11.5 Å². The van der Waals surface area contributed by atoms with E-state index in [9.17, 15) is 9.59 Å². The summed E-state index contributed by atoms with van der Waals surface area (Å²) in [6, 6.07) is 1.34. The topological polar surface area (TPSA) is 73.7 Å². The summed E-state index contributed by atoms with van der Waals surface area (Å²) < 4.78 is 11.2. The van der Waals surface area contributed by atoms with Crippen molar-refractivity contribution in [3.05, 3.63) is 16.4 Å². The first-order valence-corrected chi connectivity index (χ1v) is 6.34. The molecule has 112 valence electrons. The number of hydrogen-bond acceptors (Lipinski definition) is 6. The molecular formula is C13H21N3O4. The van der Waals surface area contributed by atoms with Crippen molar-refractivity contribution in [2.75, 3.05) is 32.7 Å². The smallest absolute Gasteiger partial charge is 0.327 e. The van der Waals surface area contributed by atoms with Gasteiger partial charge in [-0.15, -0.1) is 5.10 Å². The molecule has 0 spiro atoms. The Morgan fingerprint density at radius 1 is 1.45 bits per heavy atom. The zero-order chi connectivity index (χ0) is 15.3. The summed E-state index contributed by atoms with van der Waals surface area (Å²) in [5.74, 6) is 0.714. The van der Waals surface area contributed by atoms with E-state index in [0.29, 0.717) is 24.1 Å². The molecule has 1 aromatic heterocycles. The van der Waals surface area contributed by atoms with Crippen molar-refractivity contribution in [2.45, 2.75) is 20.4 Å². The van der Waals surface area contributed by atoms with Gasteiger partial charge >= 0.3 is 5.97 Å². The third-order valence-electron chi connectivity index (χ3n) is 2.45. The van der Waals surface area contributed by atoms with Crippen molar-refractivity contribution in [2.24, 2.45) is 5.92 Å². The molecule has 0 fully saturated rings. The van der Waals surface area contributed by atoms with Crippen LogP contribution in [0, 0.1) is 5.92 Å². The minimum absolute atomic E-state index is 0.222. The van der Waals surface area contributed by atoms with Gasteiger partial charge in [-0.2, -0.15) is 0 Å². The zero-order valence-corrected chi connectivity index (χ0v) is 12.5. The van der Waals surface area contributed by atoms with Crippen molar-refractivity contribution in [1.82, 2.24) is 9.78 Å². The second-order valence-electron chi connectivity index (χ2n) is 5.00. The third kappa shape index (κ3) is 4.25. The van der Waals surface area contributed by atoms with Crippen LogP contribution in [-0.4, -0.2) is 43.6 Å². The number of carbonyl (C=O) groups is 1. The van der Waals surface area contributed by atoms with E-state index in [1.807, 2.05) is 13.8 Å². The van der Waals surface area contributed by atoms with Gasteiger partial charge in [-0.3, -0.25) is 9.59 Å². The van der Waals surface area contributed by atoms with Gasteiger partial charge in [0.1, 0.15) is 6.54 Å². The average Bonchev–Trinajstić information content (AvgIpc) is 2.38. The van der Waals surface area contributed by atoms with Gasteiger partial charge in [0, 0.05) is 14.1 Å². The lowest BCUT2D eigenvalue weighted by molar-refractivity contribution is -0.141. The van der Waals surface area contributed by atoms with Gasteiger partial charge in [-0.1, -0.05) is 13.8 Å².